The predicted octanol–water partition coefficient (Wildman–Crippen LogP) is 13.0. The molecule has 8 aromatic rings. The topological polar surface area (TPSA) is 28.9 Å². The van der Waals surface area contributed by atoms with Crippen molar-refractivity contribution in [2.75, 3.05) is 9.80 Å². The lowest BCUT2D eigenvalue weighted by Crippen LogP contribution is -2.24. The maximum absolute atomic E-state index is 7.01. The molecular weight excluding hydrogens is 637 g/mol. The molecule has 2 aliphatic rings. The molecule has 0 spiro atoms. The van der Waals surface area contributed by atoms with E-state index in [0.717, 1.165) is 61.8 Å². The van der Waals surface area contributed by atoms with E-state index in [1.807, 2.05) is 0 Å². The van der Waals surface area contributed by atoms with Crippen molar-refractivity contribution in [3.63, 3.8) is 0 Å². The van der Waals surface area contributed by atoms with Crippen molar-refractivity contribution < 1.29 is 9.15 Å². The lowest BCUT2D eigenvalue weighted by molar-refractivity contribution is 0.267. The summed E-state index contributed by atoms with van der Waals surface area (Å²) in [6.07, 6.45) is 6.66. The molecule has 52 heavy (non-hydrogen) atoms. The van der Waals surface area contributed by atoms with Gasteiger partial charge in [0.2, 0.25) is 0 Å². The molecule has 0 bridgehead atoms. The van der Waals surface area contributed by atoms with Crippen molar-refractivity contribution in [1.82, 2.24) is 0 Å². The van der Waals surface area contributed by atoms with Gasteiger partial charge in [-0.05, 0) is 109 Å². The van der Waals surface area contributed by atoms with Gasteiger partial charge >= 0.3 is 0 Å². The van der Waals surface area contributed by atoms with Gasteiger partial charge in [-0.25, -0.2) is 0 Å². The first kappa shape index (κ1) is 30.3. The van der Waals surface area contributed by atoms with Crippen LogP contribution < -0.4 is 14.5 Å². The van der Waals surface area contributed by atoms with Crippen LogP contribution in [0.4, 0.5) is 28.4 Å². The zero-order valence-electron chi connectivity index (χ0n) is 29.0. The second kappa shape index (κ2) is 12.1. The molecule has 0 fully saturated rings. The fraction of sp³-hybridized carbons (Fsp3) is 0.0833. The zero-order chi connectivity index (χ0) is 34.8. The summed E-state index contributed by atoms with van der Waals surface area (Å²) >= 11 is 0. The number of aryl methyl sites for hydroxylation is 2. The van der Waals surface area contributed by atoms with E-state index >= 15 is 0 Å². The fourth-order valence-electron chi connectivity index (χ4n) is 8.16. The summed E-state index contributed by atoms with van der Waals surface area (Å²) in [6.45, 7) is 4.27. The third kappa shape index (κ3) is 4.90. The highest BCUT2D eigenvalue weighted by molar-refractivity contribution is 6.22. The number of allylic oxidation sites excluding steroid dienone is 1. The Hall–Kier alpha value is -6.52. The second-order valence-electron chi connectivity index (χ2n) is 13.9. The van der Waals surface area contributed by atoms with Crippen molar-refractivity contribution in [3.05, 3.63) is 192 Å². The van der Waals surface area contributed by atoms with Gasteiger partial charge in [0.15, 0.2) is 11.3 Å². The van der Waals surface area contributed by atoms with Gasteiger partial charge in [-0.2, -0.15) is 0 Å². The Morgan fingerprint density at radius 3 is 1.81 bits per heavy atom. The standard InChI is InChI=1S/C48H36N2O2/c1-31-13-11-19-35(27-31)49(33-15-5-3-6-16-33)37-23-25-41-43(29-37)51-47-45(41)39-21-9-10-22-40(39)46-42-26-24-38(30-44(42)52-48(46)47)50(34-17-7-4-8-18-34)36-20-12-14-32(2)28-36/h3-30,41,43H,1-2H3. The molecule has 2 unspecified atom stereocenters. The van der Waals surface area contributed by atoms with E-state index in [-0.39, 0.29) is 12.0 Å². The summed E-state index contributed by atoms with van der Waals surface area (Å²) in [4.78, 5) is 4.60. The smallest absolute Gasteiger partial charge is 0.178 e. The van der Waals surface area contributed by atoms with Gasteiger partial charge in [0.1, 0.15) is 11.7 Å². The van der Waals surface area contributed by atoms with Gasteiger partial charge in [-0.15, -0.1) is 0 Å². The van der Waals surface area contributed by atoms with E-state index in [9.17, 15) is 0 Å². The summed E-state index contributed by atoms with van der Waals surface area (Å²) in [7, 11) is 0. The highest BCUT2D eigenvalue weighted by Gasteiger charge is 2.39. The minimum Gasteiger partial charge on any atom is -0.481 e. The van der Waals surface area contributed by atoms with Crippen LogP contribution in [0.3, 0.4) is 0 Å². The van der Waals surface area contributed by atoms with Gasteiger partial charge in [-0.1, -0.05) is 91.0 Å². The minimum absolute atomic E-state index is 0.0573. The van der Waals surface area contributed by atoms with E-state index < -0.39 is 0 Å². The summed E-state index contributed by atoms with van der Waals surface area (Å²) < 4.78 is 13.9. The van der Waals surface area contributed by atoms with E-state index in [2.05, 4.69) is 194 Å². The van der Waals surface area contributed by atoms with Crippen molar-refractivity contribution in [3.8, 4) is 5.75 Å². The summed E-state index contributed by atoms with van der Waals surface area (Å²) in [5.74, 6) is 0.894. The summed E-state index contributed by atoms with van der Waals surface area (Å²) in [5, 5.41) is 4.56. The third-order valence-corrected chi connectivity index (χ3v) is 10.4. The number of benzene rings is 7. The van der Waals surface area contributed by atoms with Crippen LogP contribution in [0.1, 0.15) is 22.6 Å². The second-order valence-corrected chi connectivity index (χ2v) is 13.9. The number of furan rings is 1. The Kier molecular flexibility index (Phi) is 7.03. The molecule has 0 N–H and O–H groups in total. The molecule has 1 aliphatic heterocycles. The normalized spacial score (nSPS) is 16.1. The molecule has 4 nitrogen and oxygen atoms in total. The van der Waals surface area contributed by atoms with Gasteiger partial charge in [0.25, 0.3) is 0 Å². The van der Waals surface area contributed by atoms with Crippen LogP contribution >= 0.6 is 0 Å². The van der Waals surface area contributed by atoms with E-state index in [0.29, 0.717) is 0 Å². The van der Waals surface area contributed by atoms with Crippen LogP contribution in [0, 0.1) is 13.8 Å². The number of hydrogen-bond donors (Lipinski definition) is 0. The number of para-hydroxylation sites is 2. The number of fused-ring (bicyclic) bond motifs is 10. The zero-order valence-corrected chi connectivity index (χ0v) is 29.0. The molecule has 2 atom stereocenters. The first-order valence-electron chi connectivity index (χ1n) is 17.9. The quantitative estimate of drug-likeness (QED) is 0.176. The Morgan fingerprint density at radius 1 is 0.519 bits per heavy atom. The van der Waals surface area contributed by atoms with Gasteiger partial charge < -0.3 is 19.0 Å². The third-order valence-electron chi connectivity index (χ3n) is 10.4. The number of nitrogens with zero attached hydrogens (tertiary/aromatic N) is 2. The van der Waals surface area contributed by atoms with Crippen LogP contribution in [-0.4, -0.2) is 6.10 Å². The van der Waals surface area contributed by atoms with Crippen LogP contribution in [0.5, 0.6) is 5.75 Å². The number of anilines is 5. The molecule has 0 saturated carbocycles. The highest BCUT2D eigenvalue weighted by atomic mass is 16.5. The molecule has 0 saturated heterocycles. The SMILES string of the molecule is Cc1cccc(N(C2=CC3Oc4c(c5ccccc5c5c4oc4cc(N(c6ccccc6)c6cccc(C)c6)ccc45)C3C=C2)c2ccccc2)c1. The minimum atomic E-state index is -0.182. The van der Waals surface area contributed by atoms with Crippen molar-refractivity contribution in [2.45, 2.75) is 25.9 Å². The molecular formula is C48H36N2O2. The van der Waals surface area contributed by atoms with E-state index in [4.69, 9.17) is 9.15 Å². The first-order chi connectivity index (χ1) is 25.6. The van der Waals surface area contributed by atoms with E-state index in [1.165, 1.54) is 27.5 Å². The lowest BCUT2D eigenvalue weighted by Gasteiger charge is -2.30. The largest absolute Gasteiger partial charge is 0.481 e. The van der Waals surface area contributed by atoms with Crippen molar-refractivity contribution in [2.24, 2.45) is 0 Å². The molecule has 7 aromatic carbocycles. The molecule has 2 heterocycles. The van der Waals surface area contributed by atoms with Crippen LogP contribution in [0.2, 0.25) is 0 Å². The molecule has 250 valence electrons. The Morgan fingerprint density at radius 2 is 1.12 bits per heavy atom. The van der Waals surface area contributed by atoms with Gasteiger partial charge in [0, 0.05) is 62.5 Å². The van der Waals surface area contributed by atoms with Crippen molar-refractivity contribution in [1.29, 1.82) is 0 Å². The predicted molar refractivity (Wildman–Crippen MR) is 215 cm³/mol. The number of rotatable bonds is 6. The maximum atomic E-state index is 7.01. The molecule has 0 amide bonds. The molecule has 1 aromatic heterocycles. The molecule has 1 aliphatic carbocycles. The average molecular weight is 673 g/mol. The highest BCUT2D eigenvalue weighted by Crippen LogP contribution is 2.53. The Labute approximate surface area is 303 Å². The monoisotopic (exact) mass is 672 g/mol. The Bertz CT molecular complexity index is 2710. The number of hydrogen-bond acceptors (Lipinski definition) is 4. The van der Waals surface area contributed by atoms with Crippen molar-refractivity contribution >= 4 is 61.1 Å². The molecule has 0 radical (unpaired) electrons. The van der Waals surface area contributed by atoms with Crippen LogP contribution in [0.25, 0.3) is 32.7 Å². The first-order valence-corrected chi connectivity index (χ1v) is 17.9. The number of ether oxygens (including phenoxy) is 1. The summed E-state index contributed by atoms with van der Waals surface area (Å²) in [5.41, 5.74) is 11.8. The molecule has 4 heteroatoms. The van der Waals surface area contributed by atoms with Gasteiger partial charge in [0.05, 0.1) is 0 Å². The van der Waals surface area contributed by atoms with Crippen LogP contribution in [0.15, 0.2) is 180 Å². The molecule has 10 rings (SSSR count). The van der Waals surface area contributed by atoms with Crippen LogP contribution in [-0.2, 0) is 0 Å². The fourth-order valence-corrected chi connectivity index (χ4v) is 8.16. The summed E-state index contributed by atoms with van der Waals surface area (Å²) in [6, 6.07) is 53.6. The Balaban J connectivity index is 1.12. The van der Waals surface area contributed by atoms with E-state index in [1.54, 1.807) is 0 Å². The lowest BCUT2D eigenvalue weighted by atomic mass is 9.86. The maximum Gasteiger partial charge on any atom is 0.178 e. The average Bonchev–Trinajstić information content (AvgIpc) is 3.75. The van der Waals surface area contributed by atoms with Gasteiger partial charge in [-0.3, -0.25) is 0 Å².